The Morgan fingerprint density at radius 2 is 1.93 bits per heavy atom. The van der Waals surface area contributed by atoms with Gasteiger partial charge in [-0.05, 0) is 65.8 Å². The van der Waals surface area contributed by atoms with E-state index in [9.17, 15) is 14.7 Å². The Balaban J connectivity index is 2.02. The van der Waals surface area contributed by atoms with Gasteiger partial charge in [0.05, 0.1) is 11.0 Å². The van der Waals surface area contributed by atoms with Crippen LogP contribution in [0.25, 0.3) is 0 Å². The molecule has 1 aliphatic rings. The Kier molecular flexibility index (Phi) is 4.84. The lowest BCUT2D eigenvalue weighted by atomic mass is 9.69. The molecule has 29 heavy (non-hydrogen) atoms. The molecule has 0 fully saturated rings. The number of carbonyl (C=O) groups is 2. The lowest BCUT2D eigenvalue weighted by Crippen LogP contribution is -2.32. The monoisotopic (exact) mass is 392 g/mol. The molecule has 1 heterocycles. The zero-order chi connectivity index (χ0) is 20.4. The number of ether oxygens (including phenoxy) is 1. The predicted molar refractivity (Wildman–Crippen MR) is 103 cm³/mol. The Labute approximate surface area is 166 Å². The highest BCUT2D eigenvalue weighted by Crippen LogP contribution is 2.47. The fourth-order valence-electron chi connectivity index (χ4n) is 4.43. The zero-order valence-corrected chi connectivity index (χ0v) is 15.9. The Morgan fingerprint density at radius 1 is 1.21 bits per heavy atom. The van der Waals surface area contributed by atoms with Crippen molar-refractivity contribution in [2.75, 3.05) is 0 Å². The molecular formula is C21H20N4O4. The van der Waals surface area contributed by atoms with Gasteiger partial charge in [-0.1, -0.05) is 30.7 Å². The number of hydrogen-bond donors (Lipinski definition) is 2. The fraction of sp³-hybridized carbons (Fsp3) is 0.286. The van der Waals surface area contributed by atoms with E-state index in [0.29, 0.717) is 37.3 Å². The summed E-state index contributed by atoms with van der Waals surface area (Å²) in [6.07, 6.45) is 2.88. The first-order valence-electron chi connectivity index (χ1n) is 9.44. The first-order chi connectivity index (χ1) is 14.1. The summed E-state index contributed by atoms with van der Waals surface area (Å²) in [6, 6.07) is 10.8. The van der Waals surface area contributed by atoms with Crippen molar-refractivity contribution in [3.05, 3.63) is 70.0 Å². The number of carbonyl (C=O) groups excluding carboxylic acids is 1. The summed E-state index contributed by atoms with van der Waals surface area (Å²) in [6.45, 7) is 2.49. The minimum atomic E-state index is -0.961. The van der Waals surface area contributed by atoms with E-state index in [4.69, 9.17) is 4.74 Å². The second-order valence-corrected chi connectivity index (χ2v) is 7.10. The van der Waals surface area contributed by atoms with Crippen LogP contribution in [0.2, 0.25) is 0 Å². The minimum Gasteiger partial charge on any atom is -0.478 e. The van der Waals surface area contributed by atoms with Crippen molar-refractivity contribution >= 4 is 12.4 Å². The van der Waals surface area contributed by atoms with Gasteiger partial charge in [-0.3, -0.25) is 4.79 Å². The molecule has 1 unspecified atom stereocenters. The van der Waals surface area contributed by atoms with E-state index in [1.165, 1.54) is 0 Å². The summed E-state index contributed by atoms with van der Waals surface area (Å²) in [7, 11) is 0. The highest BCUT2D eigenvalue weighted by Gasteiger charge is 2.44. The molecule has 2 N–H and O–H groups in total. The largest absolute Gasteiger partial charge is 0.478 e. The standard InChI is InChI=1S/C21H20N4O4/c1-2-9-21(20-22-24-25-23-20)17-7-5-15(19(27)28)10-13(17)3-4-14-11-16(29-12-26)6-8-18(14)21/h5-8,10-12H,2-4,9H2,1H3,(H,27,28)(H,22,23,24,25). The third kappa shape index (κ3) is 3.06. The van der Waals surface area contributed by atoms with E-state index in [1.807, 2.05) is 18.2 Å². The molecule has 0 saturated heterocycles. The lowest BCUT2D eigenvalue weighted by Gasteiger charge is -2.33. The molecule has 0 aliphatic heterocycles. The first kappa shape index (κ1) is 18.8. The molecule has 8 nitrogen and oxygen atoms in total. The number of aryl methyl sites for hydroxylation is 2. The SMILES string of the molecule is CCCC1(c2nn[nH]n2)c2ccc(OC=O)cc2CCc2cc(C(=O)O)ccc21. The number of aromatic nitrogens is 4. The number of nitrogens with zero attached hydrogens (tertiary/aromatic N) is 3. The minimum absolute atomic E-state index is 0.248. The van der Waals surface area contributed by atoms with Crippen molar-refractivity contribution in [2.45, 2.75) is 38.0 Å². The van der Waals surface area contributed by atoms with Crippen molar-refractivity contribution in [1.82, 2.24) is 20.6 Å². The van der Waals surface area contributed by atoms with Crippen LogP contribution in [-0.4, -0.2) is 38.2 Å². The van der Waals surface area contributed by atoms with Gasteiger partial charge in [0.15, 0.2) is 5.82 Å². The molecule has 0 radical (unpaired) electrons. The van der Waals surface area contributed by atoms with E-state index >= 15 is 0 Å². The smallest absolute Gasteiger partial charge is 0.335 e. The van der Waals surface area contributed by atoms with Crippen molar-refractivity contribution in [1.29, 1.82) is 0 Å². The third-order valence-corrected chi connectivity index (χ3v) is 5.55. The zero-order valence-electron chi connectivity index (χ0n) is 15.9. The molecule has 3 aromatic rings. The number of aromatic carboxylic acids is 1. The summed E-state index contributed by atoms with van der Waals surface area (Å²) in [5.41, 5.74) is 3.51. The number of hydrogen-bond acceptors (Lipinski definition) is 6. The summed E-state index contributed by atoms with van der Waals surface area (Å²) in [5.74, 6) is 0.0437. The van der Waals surface area contributed by atoms with Gasteiger partial charge in [0, 0.05) is 0 Å². The van der Waals surface area contributed by atoms with E-state index in [0.717, 1.165) is 28.7 Å². The van der Waals surface area contributed by atoms with Gasteiger partial charge in [0.25, 0.3) is 6.47 Å². The molecule has 2 aromatic carbocycles. The van der Waals surface area contributed by atoms with Crippen LogP contribution in [-0.2, 0) is 23.1 Å². The normalized spacial score (nSPS) is 17.7. The van der Waals surface area contributed by atoms with Gasteiger partial charge in [-0.2, -0.15) is 5.21 Å². The number of tetrazole rings is 1. The maximum absolute atomic E-state index is 11.5. The van der Waals surface area contributed by atoms with Crippen molar-refractivity contribution in [2.24, 2.45) is 0 Å². The van der Waals surface area contributed by atoms with Gasteiger partial charge in [-0.15, -0.1) is 10.2 Å². The van der Waals surface area contributed by atoms with E-state index < -0.39 is 11.4 Å². The maximum Gasteiger partial charge on any atom is 0.335 e. The summed E-state index contributed by atoms with van der Waals surface area (Å²) < 4.78 is 5.05. The molecule has 1 atom stereocenters. The maximum atomic E-state index is 11.5. The lowest BCUT2D eigenvalue weighted by molar-refractivity contribution is -0.120. The average molecular weight is 392 g/mol. The highest BCUT2D eigenvalue weighted by atomic mass is 16.5. The van der Waals surface area contributed by atoms with E-state index in [2.05, 4.69) is 27.5 Å². The van der Waals surface area contributed by atoms with Crippen LogP contribution in [0.4, 0.5) is 0 Å². The molecule has 1 aliphatic carbocycles. The topological polar surface area (TPSA) is 118 Å². The molecule has 0 bridgehead atoms. The highest BCUT2D eigenvalue weighted by molar-refractivity contribution is 5.88. The number of carboxylic acid groups (broad SMARTS) is 1. The van der Waals surface area contributed by atoms with Crippen molar-refractivity contribution in [3.8, 4) is 5.75 Å². The number of fused-ring (bicyclic) bond motifs is 2. The summed E-state index contributed by atoms with van der Waals surface area (Å²) >= 11 is 0. The van der Waals surface area contributed by atoms with Crippen molar-refractivity contribution < 1.29 is 19.4 Å². The Bertz CT molecular complexity index is 1060. The van der Waals surface area contributed by atoms with Gasteiger partial charge in [-0.25, -0.2) is 4.79 Å². The van der Waals surface area contributed by atoms with E-state index in [1.54, 1.807) is 18.2 Å². The molecule has 0 saturated carbocycles. The van der Waals surface area contributed by atoms with Gasteiger partial charge < -0.3 is 9.84 Å². The summed E-state index contributed by atoms with van der Waals surface area (Å²) in [4.78, 5) is 22.3. The average Bonchev–Trinajstić information content (AvgIpc) is 3.22. The number of carboxylic acids is 1. The van der Waals surface area contributed by atoms with Crippen LogP contribution in [0, 0.1) is 0 Å². The van der Waals surface area contributed by atoms with Crippen LogP contribution in [0.3, 0.4) is 0 Å². The molecule has 0 spiro atoms. The second kappa shape index (κ2) is 7.46. The van der Waals surface area contributed by atoms with Crippen LogP contribution in [0.15, 0.2) is 36.4 Å². The fourth-order valence-corrected chi connectivity index (χ4v) is 4.43. The van der Waals surface area contributed by atoms with Crippen LogP contribution >= 0.6 is 0 Å². The number of rotatable bonds is 6. The van der Waals surface area contributed by atoms with Gasteiger partial charge in [0.2, 0.25) is 0 Å². The number of H-pyrrole nitrogens is 1. The Hall–Kier alpha value is -3.55. The van der Waals surface area contributed by atoms with Gasteiger partial charge in [0.1, 0.15) is 5.75 Å². The van der Waals surface area contributed by atoms with Crippen LogP contribution in [0.1, 0.15) is 58.2 Å². The third-order valence-electron chi connectivity index (χ3n) is 5.55. The van der Waals surface area contributed by atoms with Crippen LogP contribution < -0.4 is 4.74 Å². The first-order valence-corrected chi connectivity index (χ1v) is 9.44. The number of benzene rings is 2. The molecule has 0 amide bonds. The molecule has 8 heteroatoms. The molecule has 148 valence electrons. The van der Waals surface area contributed by atoms with Crippen molar-refractivity contribution in [3.63, 3.8) is 0 Å². The van der Waals surface area contributed by atoms with Gasteiger partial charge >= 0.3 is 5.97 Å². The quantitative estimate of drug-likeness (QED) is 0.619. The molecule has 4 rings (SSSR count). The Morgan fingerprint density at radius 3 is 2.55 bits per heavy atom. The second-order valence-electron chi connectivity index (χ2n) is 7.10. The van der Waals surface area contributed by atoms with E-state index in [-0.39, 0.29) is 5.56 Å². The predicted octanol–water partition coefficient (Wildman–Crippen LogP) is 2.67. The van der Waals surface area contributed by atoms with Crippen LogP contribution in [0.5, 0.6) is 5.75 Å². The molecular weight excluding hydrogens is 372 g/mol. The number of nitrogens with one attached hydrogen (secondary N) is 1. The number of aromatic amines is 1. The molecule has 1 aromatic heterocycles. The summed E-state index contributed by atoms with van der Waals surface area (Å²) in [5, 5.41) is 24.5.